The number of aromatic nitrogens is 1. The Morgan fingerprint density at radius 2 is 2.00 bits per heavy atom. The average Bonchev–Trinajstić information content (AvgIpc) is 2.90. The van der Waals surface area contributed by atoms with Crippen molar-refractivity contribution < 1.29 is 17.6 Å². The zero-order chi connectivity index (χ0) is 19.3. The molecule has 8 heteroatoms. The highest BCUT2D eigenvalue weighted by molar-refractivity contribution is 5.74. The van der Waals surface area contributed by atoms with E-state index in [0.29, 0.717) is 29.0 Å². The van der Waals surface area contributed by atoms with E-state index in [1.54, 1.807) is 24.9 Å². The molecule has 0 bridgehead atoms. The molecule has 1 saturated heterocycles. The zero-order valence-electron chi connectivity index (χ0n) is 15.0. The Bertz CT molecular complexity index is 881. The SMILES string of the molecule is Cc1cc(Nc2cc3c(c(C(F)(F)F)c2)N(C)[C@@H]2CCNC[C@H]32)cnc1F. The average molecular weight is 380 g/mol. The predicted molar refractivity (Wildman–Crippen MR) is 96.1 cm³/mol. The lowest BCUT2D eigenvalue weighted by Gasteiger charge is -2.31. The maximum atomic E-state index is 13.8. The monoisotopic (exact) mass is 380 g/mol. The number of benzene rings is 1. The summed E-state index contributed by atoms with van der Waals surface area (Å²) in [5.41, 5.74) is 1.42. The van der Waals surface area contributed by atoms with E-state index < -0.39 is 17.7 Å². The number of nitrogens with zero attached hydrogens (tertiary/aromatic N) is 2. The Kier molecular flexibility index (Phi) is 4.25. The number of rotatable bonds is 2. The second-order valence-corrected chi connectivity index (χ2v) is 7.19. The maximum absolute atomic E-state index is 13.8. The standard InChI is InChI=1S/C19H20F4N4/c1-10-5-12(8-25-18(10)20)26-11-6-13-14-9-24-4-3-16(14)27(2)17(13)15(7-11)19(21,22)23/h5-8,14,16,24,26H,3-4,9H2,1-2H3/t14-,16-/m1/s1. The van der Waals surface area contributed by atoms with E-state index in [1.165, 1.54) is 12.3 Å². The third-order valence-corrected chi connectivity index (χ3v) is 5.44. The van der Waals surface area contributed by atoms with Gasteiger partial charge in [0, 0.05) is 36.8 Å². The summed E-state index contributed by atoms with van der Waals surface area (Å²) in [5, 5.41) is 6.24. The van der Waals surface area contributed by atoms with Gasteiger partial charge in [-0.3, -0.25) is 0 Å². The molecule has 0 saturated carbocycles. The highest BCUT2D eigenvalue weighted by Gasteiger charge is 2.45. The molecule has 1 fully saturated rings. The molecule has 2 aliphatic rings. The van der Waals surface area contributed by atoms with Crippen LogP contribution in [-0.4, -0.2) is 31.2 Å². The molecular formula is C19H20F4N4. The van der Waals surface area contributed by atoms with E-state index in [1.807, 2.05) is 0 Å². The molecule has 2 aromatic rings. The molecule has 2 N–H and O–H groups in total. The van der Waals surface area contributed by atoms with Crippen molar-refractivity contribution in [3.8, 4) is 0 Å². The number of piperidine rings is 1. The molecular weight excluding hydrogens is 360 g/mol. The molecule has 0 spiro atoms. The van der Waals surface area contributed by atoms with Crippen LogP contribution in [0.2, 0.25) is 0 Å². The lowest BCUT2D eigenvalue weighted by molar-refractivity contribution is -0.137. The van der Waals surface area contributed by atoms with Gasteiger partial charge in [0.15, 0.2) is 0 Å². The van der Waals surface area contributed by atoms with Crippen LogP contribution in [0.4, 0.5) is 34.6 Å². The number of likely N-dealkylation sites (N-methyl/N-ethyl adjacent to an activating group) is 1. The van der Waals surface area contributed by atoms with Crippen molar-refractivity contribution in [2.24, 2.45) is 0 Å². The van der Waals surface area contributed by atoms with Gasteiger partial charge in [0.1, 0.15) is 0 Å². The first-order chi connectivity index (χ1) is 12.8. The third-order valence-electron chi connectivity index (χ3n) is 5.44. The second-order valence-electron chi connectivity index (χ2n) is 7.19. The summed E-state index contributed by atoms with van der Waals surface area (Å²) >= 11 is 0. The number of aryl methyl sites for hydroxylation is 1. The molecule has 4 rings (SSSR count). The first kappa shape index (κ1) is 18.0. The molecule has 1 aromatic carbocycles. The van der Waals surface area contributed by atoms with Crippen molar-refractivity contribution in [1.29, 1.82) is 0 Å². The smallest absolute Gasteiger partial charge is 0.370 e. The molecule has 4 nitrogen and oxygen atoms in total. The number of alkyl halides is 3. The third kappa shape index (κ3) is 3.12. The number of hydrogen-bond donors (Lipinski definition) is 2. The molecule has 144 valence electrons. The Balaban J connectivity index is 1.79. The van der Waals surface area contributed by atoms with Gasteiger partial charge < -0.3 is 15.5 Å². The molecule has 0 aliphatic carbocycles. The molecule has 0 radical (unpaired) electrons. The van der Waals surface area contributed by atoms with Crippen LogP contribution in [0.25, 0.3) is 0 Å². The van der Waals surface area contributed by atoms with Crippen molar-refractivity contribution in [1.82, 2.24) is 10.3 Å². The van der Waals surface area contributed by atoms with E-state index >= 15 is 0 Å². The number of fused-ring (bicyclic) bond motifs is 3. The number of anilines is 3. The van der Waals surface area contributed by atoms with Crippen molar-refractivity contribution in [2.45, 2.75) is 31.5 Å². The molecule has 1 aromatic heterocycles. The van der Waals surface area contributed by atoms with Crippen molar-refractivity contribution in [2.75, 3.05) is 30.4 Å². The highest BCUT2D eigenvalue weighted by Crippen LogP contribution is 2.50. The molecule has 3 heterocycles. The van der Waals surface area contributed by atoms with Gasteiger partial charge in [-0.15, -0.1) is 0 Å². The van der Waals surface area contributed by atoms with E-state index in [9.17, 15) is 17.6 Å². The molecule has 0 amide bonds. The summed E-state index contributed by atoms with van der Waals surface area (Å²) in [4.78, 5) is 5.40. The van der Waals surface area contributed by atoms with Crippen LogP contribution in [0.5, 0.6) is 0 Å². The largest absolute Gasteiger partial charge is 0.418 e. The number of pyridine rings is 1. The van der Waals surface area contributed by atoms with Gasteiger partial charge in [-0.05, 0) is 43.7 Å². The van der Waals surface area contributed by atoms with Crippen molar-refractivity contribution in [3.05, 3.63) is 47.0 Å². The number of halogens is 4. The maximum Gasteiger partial charge on any atom is 0.418 e. The fraction of sp³-hybridized carbons (Fsp3) is 0.421. The molecule has 2 aliphatic heterocycles. The predicted octanol–water partition coefficient (Wildman–Crippen LogP) is 4.19. The lowest BCUT2D eigenvalue weighted by atomic mass is 9.89. The minimum Gasteiger partial charge on any atom is -0.370 e. The fourth-order valence-electron chi connectivity index (χ4n) is 4.21. The summed E-state index contributed by atoms with van der Waals surface area (Å²) < 4.78 is 54.8. The van der Waals surface area contributed by atoms with Gasteiger partial charge in [0.2, 0.25) is 5.95 Å². The first-order valence-electron chi connectivity index (χ1n) is 8.83. The Morgan fingerprint density at radius 3 is 2.70 bits per heavy atom. The normalized spacial score (nSPS) is 21.8. The summed E-state index contributed by atoms with van der Waals surface area (Å²) in [7, 11) is 1.74. The summed E-state index contributed by atoms with van der Waals surface area (Å²) in [6, 6.07) is 4.49. The Hall–Kier alpha value is -2.35. The van der Waals surface area contributed by atoms with Crippen LogP contribution in [0, 0.1) is 12.9 Å². The van der Waals surface area contributed by atoms with Crippen LogP contribution >= 0.6 is 0 Å². The van der Waals surface area contributed by atoms with Crippen LogP contribution in [0.1, 0.15) is 29.0 Å². The number of hydrogen-bond acceptors (Lipinski definition) is 4. The topological polar surface area (TPSA) is 40.2 Å². The minimum absolute atomic E-state index is 0.00896. The van der Waals surface area contributed by atoms with E-state index in [4.69, 9.17) is 0 Å². The summed E-state index contributed by atoms with van der Waals surface area (Å²) in [5.74, 6) is -0.585. The Labute approximate surface area is 154 Å². The Morgan fingerprint density at radius 1 is 1.22 bits per heavy atom. The van der Waals surface area contributed by atoms with Gasteiger partial charge >= 0.3 is 6.18 Å². The van der Waals surface area contributed by atoms with E-state index in [-0.39, 0.29) is 17.6 Å². The van der Waals surface area contributed by atoms with E-state index in [2.05, 4.69) is 15.6 Å². The number of nitrogens with one attached hydrogen (secondary N) is 2. The van der Waals surface area contributed by atoms with Gasteiger partial charge in [-0.25, -0.2) is 4.98 Å². The quantitative estimate of drug-likeness (QED) is 0.606. The summed E-state index contributed by atoms with van der Waals surface area (Å²) in [6.07, 6.45) is -2.38. The molecule has 0 unspecified atom stereocenters. The van der Waals surface area contributed by atoms with Gasteiger partial charge in [0.25, 0.3) is 0 Å². The van der Waals surface area contributed by atoms with E-state index in [0.717, 1.165) is 19.0 Å². The lowest BCUT2D eigenvalue weighted by Crippen LogP contribution is -2.42. The van der Waals surface area contributed by atoms with Crippen molar-refractivity contribution >= 4 is 17.1 Å². The van der Waals surface area contributed by atoms with Crippen LogP contribution < -0.4 is 15.5 Å². The highest BCUT2D eigenvalue weighted by atomic mass is 19.4. The van der Waals surface area contributed by atoms with Crippen LogP contribution in [0.15, 0.2) is 24.4 Å². The van der Waals surface area contributed by atoms with Gasteiger partial charge in [0.05, 0.1) is 23.1 Å². The van der Waals surface area contributed by atoms with Gasteiger partial charge in [-0.2, -0.15) is 17.6 Å². The summed E-state index contributed by atoms with van der Waals surface area (Å²) in [6.45, 7) is 3.01. The van der Waals surface area contributed by atoms with Gasteiger partial charge in [-0.1, -0.05) is 0 Å². The first-order valence-corrected chi connectivity index (χ1v) is 8.83. The van der Waals surface area contributed by atoms with Crippen molar-refractivity contribution in [3.63, 3.8) is 0 Å². The molecule has 27 heavy (non-hydrogen) atoms. The van der Waals surface area contributed by atoms with Crippen LogP contribution in [0.3, 0.4) is 0 Å². The fourth-order valence-corrected chi connectivity index (χ4v) is 4.21. The zero-order valence-corrected chi connectivity index (χ0v) is 15.0. The van der Waals surface area contributed by atoms with Crippen LogP contribution in [-0.2, 0) is 6.18 Å². The second kappa shape index (κ2) is 6.37. The molecule has 2 atom stereocenters. The minimum atomic E-state index is -4.46.